The average Bonchev–Trinajstić information content (AvgIpc) is 2.92. The predicted molar refractivity (Wildman–Crippen MR) is 104 cm³/mol. The van der Waals surface area contributed by atoms with E-state index in [2.05, 4.69) is 18.8 Å². The Morgan fingerprint density at radius 1 is 1.33 bits per heavy atom. The molecule has 3 fully saturated rings. The van der Waals surface area contributed by atoms with E-state index in [1.54, 1.807) is 0 Å². The summed E-state index contributed by atoms with van der Waals surface area (Å²) in [5, 5.41) is 3.43. The number of carbonyl (C=O) groups is 1. The van der Waals surface area contributed by atoms with Crippen LogP contribution in [0.5, 0.6) is 0 Å². The molecular formula is C23H30FNO2. The number of hydrogen-bond donors (Lipinski definition) is 1. The van der Waals surface area contributed by atoms with Gasteiger partial charge in [0.1, 0.15) is 11.9 Å². The first-order valence-electron chi connectivity index (χ1n) is 10.3. The molecule has 1 N–H and O–H groups in total. The average molecular weight is 371 g/mol. The molecule has 146 valence electrons. The van der Waals surface area contributed by atoms with E-state index in [-0.39, 0.29) is 29.2 Å². The zero-order valence-electron chi connectivity index (χ0n) is 16.2. The number of fused-ring (bicyclic) bond motifs is 2. The molecule has 0 aromatic heterocycles. The summed E-state index contributed by atoms with van der Waals surface area (Å²) in [5.74, 6) is 0.544. The largest absolute Gasteiger partial charge is 0.462 e. The van der Waals surface area contributed by atoms with E-state index in [4.69, 9.17) is 4.74 Å². The molecule has 0 unspecified atom stereocenters. The van der Waals surface area contributed by atoms with Crippen LogP contribution < -0.4 is 5.32 Å². The van der Waals surface area contributed by atoms with Crippen LogP contribution in [-0.2, 0) is 16.0 Å². The minimum atomic E-state index is -0.208. The molecule has 0 radical (unpaired) electrons. The first kappa shape index (κ1) is 18.7. The highest BCUT2D eigenvalue weighted by atomic mass is 19.1. The van der Waals surface area contributed by atoms with E-state index in [0.717, 1.165) is 37.8 Å². The van der Waals surface area contributed by atoms with Crippen LogP contribution in [0.15, 0.2) is 36.4 Å². The second-order valence-corrected chi connectivity index (χ2v) is 8.98. The molecule has 1 heterocycles. The van der Waals surface area contributed by atoms with Gasteiger partial charge in [-0.2, -0.15) is 0 Å². The monoisotopic (exact) mass is 371 g/mol. The van der Waals surface area contributed by atoms with Gasteiger partial charge in [-0.25, -0.2) is 4.39 Å². The maximum Gasteiger partial charge on any atom is 0.310 e. The molecule has 27 heavy (non-hydrogen) atoms. The molecular weight excluding hydrogens is 341 g/mol. The van der Waals surface area contributed by atoms with E-state index >= 15 is 0 Å². The molecule has 3 nitrogen and oxygen atoms in total. The van der Waals surface area contributed by atoms with Gasteiger partial charge in [0.25, 0.3) is 0 Å². The van der Waals surface area contributed by atoms with Crippen molar-refractivity contribution in [3.8, 4) is 0 Å². The number of halogens is 1. The summed E-state index contributed by atoms with van der Waals surface area (Å²) in [6.45, 7) is 8.15. The van der Waals surface area contributed by atoms with Crippen molar-refractivity contribution < 1.29 is 13.9 Å². The summed E-state index contributed by atoms with van der Waals surface area (Å²) >= 11 is 0. The van der Waals surface area contributed by atoms with Crippen molar-refractivity contribution in [2.24, 2.45) is 23.2 Å². The third-order valence-electron chi connectivity index (χ3n) is 7.19. The number of esters is 1. The first-order valence-corrected chi connectivity index (χ1v) is 10.3. The summed E-state index contributed by atoms with van der Waals surface area (Å²) in [6, 6.07) is 6.61. The highest BCUT2D eigenvalue weighted by Crippen LogP contribution is 2.56. The fourth-order valence-corrected chi connectivity index (χ4v) is 5.63. The Balaban J connectivity index is 1.34. The molecule has 2 saturated carbocycles. The van der Waals surface area contributed by atoms with Crippen molar-refractivity contribution in [2.45, 2.75) is 51.6 Å². The molecule has 1 aromatic carbocycles. The Labute approximate surface area is 161 Å². The smallest absolute Gasteiger partial charge is 0.310 e. The topological polar surface area (TPSA) is 38.3 Å². The van der Waals surface area contributed by atoms with E-state index < -0.39 is 0 Å². The number of ether oxygens (including phenoxy) is 1. The van der Waals surface area contributed by atoms with E-state index in [1.807, 2.05) is 12.1 Å². The van der Waals surface area contributed by atoms with Gasteiger partial charge in [-0.05, 0) is 74.1 Å². The molecule has 0 spiro atoms. The van der Waals surface area contributed by atoms with Gasteiger partial charge in [-0.15, -0.1) is 0 Å². The van der Waals surface area contributed by atoms with Crippen molar-refractivity contribution in [3.63, 3.8) is 0 Å². The Kier molecular flexibility index (Phi) is 5.11. The molecule has 4 heteroatoms. The zero-order valence-corrected chi connectivity index (χ0v) is 16.2. The number of nitrogens with one attached hydrogen (secondary N) is 1. The molecule has 1 saturated heterocycles. The molecule has 4 rings (SSSR count). The Hall–Kier alpha value is -1.68. The lowest BCUT2D eigenvalue weighted by atomic mass is 9.55. The van der Waals surface area contributed by atoms with E-state index in [9.17, 15) is 9.18 Å². The SMILES string of the molecule is C=C1CCC[C@]2(C)C[C@H]3OC(=O)[C@@H](CNCCc4ccc(F)cc4)[C@@H]3C[C@@H]12. The number of carbonyl (C=O) groups excluding carboxylic acids is 1. The fraction of sp³-hybridized carbons (Fsp3) is 0.609. The summed E-state index contributed by atoms with van der Waals surface area (Å²) in [4.78, 5) is 12.5. The number of allylic oxidation sites excluding steroid dienone is 1. The summed E-state index contributed by atoms with van der Waals surface area (Å²) in [7, 11) is 0. The van der Waals surface area contributed by atoms with Crippen LogP contribution >= 0.6 is 0 Å². The lowest BCUT2D eigenvalue weighted by Gasteiger charge is -2.50. The van der Waals surface area contributed by atoms with Crippen molar-refractivity contribution in [1.29, 1.82) is 0 Å². The maximum atomic E-state index is 13.0. The van der Waals surface area contributed by atoms with Gasteiger partial charge in [0, 0.05) is 12.5 Å². The lowest BCUT2D eigenvalue weighted by molar-refractivity contribution is -0.146. The molecule has 1 aromatic rings. The van der Waals surface area contributed by atoms with Gasteiger partial charge in [0.2, 0.25) is 0 Å². The standard InChI is InChI=1S/C23H30FNO2/c1-15-4-3-10-23(2)13-21-18(12-20(15)23)19(22(26)27-21)14-25-11-9-16-5-7-17(24)8-6-16/h5-8,18-21,25H,1,3-4,9-14H2,2H3/t18-,19-,20-,21+,23+/m0/s1. The summed E-state index contributed by atoms with van der Waals surface area (Å²) in [6.07, 6.45) is 6.49. The van der Waals surface area contributed by atoms with Crippen LogP contribution in [0.1, 0.15) is 44.6 Å². The van der Waals surface area contributed by atoms with Crippen LogP contribution in [0.3, 0.4) is 0 Å². The minimum absolute atomic E-state index is 0.0351. The zero-order chi connectivity index (χ0) is 19.0. The Morgan fingerprint density at radius 2 is 2.11 bits per heavy atom. The summed E-state index contributed by atoms with van der Waals surface area (Å²) < 4.78 is 18.8. The molecule has 5 atom stereocenters. The van der Waals surface area contributed by atoms with E-state index in [0.29, 0.717) is 18.4 Å². The highest BCUT2D eigenvalue weighted by molar-refractivity contribution is 5.75. The van der Waals surface area contributed by atoms with Crippen molar-refractivity contribution in [1.82, 2.24) is 5.32 Å². The van der Waals surface area contributed by atoms with Crippen LogP contribution in [0.4, 0.5) is 4.39 Å². The molecule has 0 amide bonds. The fourth-order valence-electron chi connectivity index (χ4n) is 5.63. The van der Waals surface area contributed by atoms with Gasteiger partial charge in [0.15, 0.2) is 0 Å². The quantitative estimate of drug-likeness (QED) is 0.477. The number of benzene rings is 1. The third kappa shape index (κ3) is 3.69. The number of hydrogen-bond acceptors (Lipinski definition) is 3. The van der Waals surface area contributed by atoms with Gasteiger partial charge in [-0.3, -0.25) is 4.79 Å². The van der Waals surface area contributed by atoms with Gasteiger partial charge in [0.05, 0.1) is 5.92 Å². The predicted octanol–water partition coefficient (Wildman–Crippen LogP) is 4.27. The molecule has 3 aliphatic rings. The molecule has 0 bridgehead atoms. The molecule has 1 aliphatic heterocycles. The van der Waals surface area contributed by atoms with Crippen molar-refractivity contribution in [2.75, 3.05) is 13.1 Å². The van der Waals surface area contributed by atoms with Crippen LogP contribution in [-0.4, -0.2) is 25.2 Å². The lowest BCUT2D eigenvalue weighted by Crippen LogP contribution is -2.45. The van der Waals surface area contributed by atoms with Crippen molar-refractivity contribution >= 4 is 5.97 Å². The van der Waals surface area contributed by atoms with Gasteiger partial charge in [-0.1, -0.05) is 31.2 Å². The van der Waals surface area contributed by atoms with Crippen LogP contribution in [0, 0.1) is 29.0 Å². The van der Waals surface area contributed by atoms with Crippen molar-refractivity contribution in [3.05, 3.63) is 47.8 Å². The third-order valence-corrected chi connectivity index (χ3v) is 7.19. The normalized spacial score (nSPS) is 35.5. The second-order valence-electron chi connectivity index (χ2n) is 8.98. The molecule has 2 aliphatic carbocycles. The van der Waals surface area contributed by atoms with Gasteiger partial charge < -0.3 is 10.1 Å². The minimum Gasteiger partial charge on any atom is -0.462 e. The second kappa shape index (κ2) is 7.38. The Morgan fingerprint density at radius 3 is 2.89 bits per heavy atom. The summed E-state index contributed by atoms with van der Waals surface area (Å²) in [5.41, 5.74) is 2.73. The van der Waals surface area contributed by atoms with Crippen LogP contribution in [0.2, 0.25) is 0 Å². The highest BCUT2D eigenvalue weighted by Gasteiger charge is 2.54. The van der Waals surface area contributed by atoms with Crippen LogP contribution in [0.25, 0.3) is 0 Å². The Bertz CT molecular complexity index is 716. The number of rotatable bonds is 5. The maximum absolute atomic E-state index is 13.0. The van der Waals surface area contributed by atoms with Gasteiger partial charge >= 0.3 is 5.97 Å². The first-order chi connectivity index (χ1) is 13.0. The van der Waals surface area contributed by atoms with E-state index in [1.165, 1.54) is 30.5 Å².